The molecule has 0 heterocycles. The van der Waals surface area contributed by atoms with Crippen molar-refractivity contribution in [3.05, 3.63) is 23.8 Å². The van der Waals surface area contributed by atoms with E-state index in [1.165, 1.54) is 0 Å². The molecule has 16 heavy (non-hydrogen) atoms. The van der Waals surface area contributed by atoms with E-state index in [-0.39, 0.29) is 0 Å². The van der Waals surface area contributed by atoms with Gasteiger partial charge in [0.2, 0.25) is 0 Å². The highest BCUT2D eigenvalue weighted by atomic mass is 32.2. The molecule has 1 rings (SSSR count). The van der Waals surface area contributed by atoms with Crippen LogP contribution in [0, 0.1) is 0 Å². The third-order valence-electron chi connectivity index (χ3n) is 2.35. The summed E-state index contributed by atoms with van der Waals surface area (Å²) in [6, 6.07) is 5.45. The molecule has 0 aliphatic heterocycles. The van der Waals surface area contributed by atoms with Crippen LogP contribution in [0.5, 0.6) is 5.75 Å². The molecule has 1 unspecified atom stereocenters. The van der Waals surface area contributed by atoms with Crippen LogP contribution in [-0.4, -0.2) is 17.1 Å². The molecule has 90 valence electrons. The molecule has 0 aliphatic rings. The van der Waals surface area contributed by atoms with Gasteiger partial charge in [0, 0.05) is 27.8 Å². The minimum atomic E-state index is -0.827. The molecule has 1 aromatic carbocycles. The lowest BCUT2D eigenvalue weighted by Crippen LogP contribution is -2.03. The van der Waals surface area contributed by atoms with Gasteiger partial charge >= 0.3 is 0 Å². The molecule has 0 bridgehead atoms. The van der Waals surface area contributed by atoms with Crippen molar-refractivity contribution < 1.29 is 8.95 Å². The summed E-state index contributed by atoms with van der Waals surface area (Å²) in [7, 11) is 0.788. The smallest absolute Gasteiger partial charge is 0.123 e. The van der Waals surface area contributed by atoms with Crippen LogP contribution in [-0.2, 0) is 16.6 Å². The Hall–Kier alpha value is -1.03. The van der Waals surface area contributed by atoms with Crippen molar-refractivity contribution >= 4 is 16.5 Å². The van der Waals surface area contributed by atoms with Crippen LogP contribution in [0.15, 0.2) is 18.2 Å². The minimum absolute atomic E-state index is 0.522. The molecule has 0 fully saturated rings. The van der Waals surface area contributed by atoms with Gasteiger partial charge in [0.05, 0.1) is 12.9 Å². The zero-order chi connectivity index (χ0) is 12.0. The maximum Gasteiger partial charge on any atom is 0.123 e. The van der Waals surface area contributed by atoms with Crippen molar-refractivity contribution in [2.45, 2.75) is 25.5 Å². The summed E-state index contributed by atoms with van der Waals surface area (Å²) in [5.74, 6) is 2.03. The zero-order valence-electron chi connectivity index (χ0n) is 9.86. The number of unbranched alkanes of at least 4 members (excludes halogenated alkanes) is 1. The second-order valence-corrected chi connectivity index (χ2v) is 5.29. The van der Waals surface area contributed by atoms with E-state index in [2.05, 4.69) is 6.92 Å². The molecule has 1 aromatic rings. The molecule has 0 radical (unpaired) electrons. The fourth-order valence-electron chi connectivity index (χ4n) is 1.46. The Morgan fingerprint density at radius 3 is 2.81 bits per heavy atom. The molecular weight excluding hydrogens is 222 g/mol. The van der Waals surface area contributed by atoms with Gasteiger partial charge < -0.3 is 10.5 Å². The maximum atomic E-state index is 11.8. The molecule has 0 spiro atoms. The second kappa shape index (κ2) is 6.53. The van der Waals surface area contributed by atoms with Gasteiger partial charge in [-0.2, -0.15) is 0 Å². The molecule has 0 aliphatic carbocycles. The van der Waals surface area contributed by atoms with Gasteiger partial charge in [0.1, 0.15) is 5.75 Å². The number of benzene rings is 1. The van der Waals surface area contributed by atoms with E-state index in [0.29, 0.717) is 11.4 Å². The number of ether oxygens (including phenoxy) is 1. The highest BCUT2D eigenvalue weighted by Gasteiger charge is 2.07. The van der Waals surface area contributed by atoms with Crippen molar-refractivity contribution in [3.8, 4) is 5.75 Å². The Balaban J connectivity index is 2.71. The van der Waals surface area contributed by atoms with E-state index in [1.807, 2.05) is 12.1 Å². The summed E-state index contributed by atoms with van der Waals surface area (Å²) in [6.45, 7) is 2.10. The monoisotopic (exact) mass is 241 g/mol. The van der Waals surface area contributed by atoms with Gasteiger partial charge in [0.15, 0.2) is 0 Å². The summed E-state index contributed by atoms with van der Waals surface area (Å²) in [6.07, 6.45) is 2.07. The fraction of sp³-hybridized carbons (Fsp3) is 0.500. The zero-order valence-corrected chi connectivity index (χ0v) is 10.7. The van der Waals surface area contributed by atoms with E-state index in [4.69, 9.17) is 10.5 Å². The molecule has 0 aromatic heterocycles. The summed E-state index contributed by atoms with van der Waals surface area (Å²) >= 11 is 0. The SMILES string of the molecule is CCCCS(=O)Cc1cc(N)ccc1OC. The quantitative estimate of drug-likeness (QED) is 0.778. The van der Waals surface area contributed by atoms with Crippen molar-refractivity contribution in [2.75, 3.05) is 18.6 Å². The van der Waals surface area contributed by atoms with E-state index < -0.39 is 10.8 Å². The number of hydrogen-bond donors (Lipinski definition) is 1. The molecule has 1 atom stereocenters. The standard InChI is InChI=1S/C12H19NO2S/c1-3-4-7-16(14)9-10-8-11(13)5-6-12(10)15-2/h5-6,8H,3-4,7,9,13H2,1-2H3. The number of nitrogens with two attached hydrogens (primary N) is 1. The molecule has 0 saturated carbocycles. The van der Waals surface area contributed by atoms with Gasteiger partial charge in [-0.25, -0.2) is 0 Å². The number of hydrogen-bond acceptors (Lipinski definition) is 3. The maximum absolute atomic E-state index is 11.8. The number of nitrogen functional groups attached to an aromatic ring is 1. The number of rotatable bonds is 6. The average Bonchev–Trinajstić information content (AvgIpc) is 2.27. The Labute approximate surface area is 99.4 Å². The van der Waals surface area contributed by atoms with Gasteiger partial charge in [-0.3, -0.25) is 4.21 Å². The van der Waals surface area contributed by atoms with Crippen LogP contribution in [0.2, 0.25) is 0 Å². The van der Waals surface area contributed by atoms with Gasteiger partial charge in [-0.15, -0.1) is 0 Å². The number of anilines is 1. The van der Waals surface area contributed by atoms with E-state index in [1.54, 1.807) is 13.2 Å². The summed E-state index contributed by atoms with van der Waals surface area (Å²) in [5.41, 5.74) is 7.31. The van der Waals surface area contributed by atoms with Gasteiger partial charge in [0.25, 0.3) is 0 Å². The lowest BCUT2D eigenvalue weighted by atomic mass is 10.2. The van der Waals surface area contributed by atoms with Gasteiger partial charge in [-0.1, -0.05) is 13.3 Å². The van der Waals surface area contributed by atoms with Crippen LogP contribution in [0.25, 0.3) is 0 Å². The topological polar surface area (TPSA) is 52.3 Å². The van der Waals surface area contributed by atoms with Crippen LogP contribution in [0.4, 0.5) is 5.69 Å². The summed E-state index contributed by atoms with van der Waals surface area (Å²) in [4.78, 5) is 0. The lowest BCUT2D eigenvalue weighted by molar-refractivity contribution is 0.411. The van der Waals surface area contributed by atoms with E-state index in [0.717, 1.165) is 29.9 Å². The highest BCUT2D eigenvalue weighted by molar-refractivity contribution is 7.84. The van der Waals surface area contributed by atoms with E-state index >= 15 is 0 Å². The van der Waals surface area contributed by atoms with Crippen molar-refractivity contribution in [1.29, 1.82) is 0 Å². The second-order valence-electron chi connectivity index (χ2n) is 3.71. The lowest BCUT2D eigenvalue weighted by Gasteiger charge is -2.09. The minimum Gasteiger partial charge on any atom is -0.496 e. The third-order valence-corrected chi connectivity index (χ3v) is 3.72. The first-order chi connectivity index (χ1) is 7.67. The van der Waals surface area contributed by atoms with Gasteiger partial charge in [-0.05, 0) is 24.6 Å². The first kappa shape index (κ1) is 13.0. The summed E-state index contributed by atoms with van der Waals surface area (Å²) < 4.78 is 17.0. The molecule has 3 nitrogen and oxygen atoms in total. The predicted octanol–water partition coefficient (Wildman–Crippen LogP) is 2.33. The molecule has 4 heteroatoms. The fourth-order valence-corrected chi connectivity index (χ4v) is 2.79. The molecule has 0 saturated heterocycles. The third kappa shape index (κ3) is 3.85. The largest absolute Gasteiger partial charge is 0.496 e. The average molecular weight is 241 g/mol. The predicted molar refractivity (Wildman–Crippen MR) is 69.0 cm³/mol. The molecular formula is C12H19NO2S. The first-order valence-corrected chi connectivity index (χ1v) is 6.93. The highest BCUT2D eigenvalue weighted by Crippen LogP contribution is 2.22. The van der Waals surface area contributed by atoms with Crippen LogP contribution in [0.3, 0.4) is 0 Å². The van der Waals surface area contributed by atoms with Crippen molar-refractivity contribution in [3.63, 3.8) is 0 Å². The van der Waals surface area contributed by atoms with Crippen molar-refractivity contribution in [2.24, 2.45) is 0 Å². The van der Waals surface area contributed by atoms with Crippen LogP contribution in [0.1, 0.15) is 25.3 Å². The molecule has 2 N–H and O–H groups in total. The van der Waals surface area contributed by atoms with Crippen molar-refractivity contribution in [1.82, 2.24) is 0 Å². The Kier molecular flexibility index (Phi) is 5.32. The number of methoxy groups -OCH3 is 1. The van der Waals surface area contributed by atoms with E-state index in [9.17, 15) is 4.21 Å². The Morgan fingerprint density at radius 2 is 2.19 bits per heavy atom. The Bertz CT molecular complexity index is 366. The molecule has 0 amide bonds. The normalized spacial score (nSPS) is 12.4. The van der Waals surface area contributed by atoms with Crippen LogP contribution < -0.4 is 10.5 Å². The Morgan fingerprint density at radius 1 is 1.44 bits per heavy atom. The summed E-state index contributed by atoms with van der Waals surface area (Å²) in [5, 5.41) is 0. The van der Waals surface area contributed by atoms with Crippen LogP contribution >= 0.6 is 0 Å². The first-order valence-electron chi connectivity index (χ1n) is 5.44.